The minimum atomic E-state index is -0.939. The summed E-state index contributed by atoms with van der Waals surface area (Å²) in [5.41, 5.74) is 3.76. The van der Waals surface area contributed by atoms with Gasteiger partial charge >= 0.3 is 5.97 Å². The van der Waals surface area contributed by atoms with E-state index in [1.807, 2.05) is 86.8 Å². The third kappa shape index (κ3) is 6.15. The van der Waals surface area contributed by atoms with Gasteiger partial charge in [-0.25, -0.2) is 24.3 Å². The minimum absolute atomic E-state index is 0.0410. The number of aromatic nitrogens is 5. The van der Waals surface area contributed by atoms with Crippen molar-refractivity contribution in [3.63, 3.8) is 0 Å². The molecule has 0 aliphatic heterocycles. The van der Waals surface area contributed by atoms with E-state index in [2.05, 4.69) is 46.3 Å². The van der Waals surface area contributed by atoms with Crippen LogP contribution in [0.5, 0.6) is 0 Å². The van der Waals surface area contributed by atoms with E-state index in [1.165, 1.54) is 11.3 Å². The first-order chi connectivity index (χ1) is 27.4. The summed E-state index contributed by atoms with van der Waals surface area (Å²) in [6, 6.07) is 34.4. The van der Waals surface area contributed by atoms with E-state index in [1.54, 1.807) is 6.20 Å². The maximum Gasteiger partial charge on any atom is 0.311 e. The number of anilines is 1. The number of aryl methyl sites for hydroxylation is 1. The molecule has 0 unspecified atom stereocenters. The Balaban J connectivity index is 1.30. The highest BCUT2D eigenvalue weighted by Gasteiger charge is 2.48. The molecule has 4 aromatic heterocycles. The zero-order chi connectivity index (χ0) is 38.4. The number of fused-ring (bicyclic) bond motifs is 4. The fourth-order valence-corrected chi connectivity index (χ4v) is 10.1. The fourth-order valence-electron chi connectivity index (χ4n) is 9.13. The predicted octanol–water partition coefficient (Wildman–Crippen LogP) is 10.3. The Hall–Kier alpha value is -5.45. The summed E-state index contributed by atoms with van der Waals surface area (Å²) in [7, 11) is 0. The van der Waals surface area contributed by atoms with Crippen LogP contribution in [0, 0.1) is 30.5 Å². The van der Waals surface area contributed by atoms with Crippen molar-refractivity contribution >= 4 is 45.9 Å². The van der Waals surface area contributed by atoms with Gasteiger partial charge in [0.05, 0.1) is 29.2 Å². The number of nitrogens with one attached hydrogen (secondary N) is 1. The number of ether oxygens (including phenoxy) is 1. The molecule has 3 saturated carbocycles. The van der Waals surface area contributed by atoms with Crippen molar-refractivity contribution in [2.75, 3.05) is 11.9 Å². The third-order valence-corrected chi connectivity index (χ3v) is 12.7. The second kappa shape index (κ2) is 14.9. The summed E-state index contributed by atoms with van der Waals surface area (Å²) >= 11 is 8.10. The van der Waals surface area contributed by atoms with Gasteiger partial charge in [0.1, 0.15) is 21.9 Å². The molecule has 2 atom stereocenters. The first-order valence-corrected chi connectivity index (χ1v) is 20.3. The van der Waals surface area contributed by atoms with Gasteiger partial charge < -0.3 is 14.6 Å². The smallest absolute Gasteiger partial charge is 0.311 e. The zero-order valence-corrected chi connectivity index (χ0v) is 32.6. The number of hydrogen-bond acceptors (Lipinski definition) is 8. The summed E-state index contributed by atoms with van der Waals surface area (Å²) < 4.78 is 24.7. The molecule has 0 amide bonds. The average molecular weight is 783 g/mol. The van der Waals surface area contributed by atoms with Crippen molar-refractivity contribution in [3.05, 3.63) is 148 Å². The summed E-state index contributed by atoms with van der Waals surface area (Å²) in [5, 5.41) is 3.68. The normalized spacial score (nSPS) is 19.3. The molecule has 7 aromatic rings. The van der Waals surface area contributed by atoms with Crippen LogP contribution in [0.25, 0.3) is 33.1 Å². The highest BCUT2D eigenvalue weighted by atomic mass is 35.5. The molecule has 10 rings (SSSR count). The molecule has 11 heteroatoms. The van der Waals surface area contributed by atoms with Gasteiger partial charge in [0.25, 0.3) is 0 Å². The van der Waals surface area contributed by atoms with Gasteiger partial charge in [-0.3, -0.25) is 4.79 Å². The Labute approximate surface area is 333 Å². The van der Waals surface area contributed by atoms with E-state index >= 15 is 4.39 Å². The second-order valence-corrected chi connectivity index (χ2v) is 16.4. The molecule has 282 valence electrons. The zero-order valence-electron chi connectivity index (χ0n) is 31.0. The van der Waals surface area contributed by atoms with Crippen LogP contribution in [0.2, 0.25) is 5.15 Å². The van der Waals surface area contributed by atoms with Gasteiger partial charge in [0, 0.05) is 17.1 Å². The van der Waals surface area contributed by atoms with E-state index in [-0.39, 0.29) is 52.9 Å². The van der Waals surface area contributed by atoms with Gasteiger partial charge in [-0.2, -0.15) is 0 Å². The number of rotatable bonds is 10. The van der Waals surface area contributed by atoms with Gasteiger partial charge in [-0.15, -0.1) is 11.3 Å². The van der Waals surface area contributed by atoms with Gasteiger partial charge in [-0.1, -0.05) is 103 Å². The van der Waals surface area contributed by atoms with Crippen molar-refractivity contribution in [3.8, 4) is 22.0 Å². The minimum Gasteiger partial charge on any atom is -0.466 e. The summed E-state index contributed by atoms with van der Waals surface area (Å²) in [6.07, 6.45) is 7.33. The van der Waals surface area contributed by atoms with E-state index in [0.29, 0.717) is 21.6 Å². The summed E-state index contributed by atoms with van der Waals surface area (Å²) in [4.78, 5) is 34.9. The molecule has 3 aromatic carbocycles. The number of thiophene rings is 1. The van der Waals surface area contributed by atoms with Crippen LogP contribution in [0.1, 0.15) is 54.2 Å². The number of benzene rings is 3. The van der Waals surface area contributed by atoms with Gasteiger partial charge in [0.2, 0.25) is 0 Å². The van der Waals surface area contributed by atoms with Crippen molar-refractivity contribution in [1.29, 1.82) is 0 Å². The van der Waals surface area contributed by atoms with E-state index < -0.39 is 17.3 Å². The van der Waals surface area contributed by atoms with E-state index in [0.717, 1.165) is 47.3 Å². The van der Waals surface area contributed by atoms with E-state index in [9.17, 15) is 4.79 Å². The lowest BCUT2D eigenvalue weighted by Gasteiger charge is -2.47. The Morgan fingerprint density at radius 2 is 1.48 bits per heavy atom. The molecule has 3 aliphatic rings. The van der Waals surface area contributed by atoms with Crippen LogP contribution >= 0.6 is 22.9 Å². The van der Waals surface area contributed by atoms with Gasteiger partial charge in [0.15, 0.2) is 23.1 Å². The molecule has 4 heterocycles. The maximum absolute atomic E-state index is 17.0. The van der Waals surface area contributed by atoms with Crippen LogP contribution in [0.4, 0.5) is 10.2 Å². The van der Waals surface area contributed by atoms with Crippen LogP contribution < -0.4 is 5.32 Å². The molecule has 8 nitrogen and oxygen atoms in total. The second-order valence-electron chi connectivity index (χ2n) is 14.7. The highest BCUT2D eigenvalue weighted by Crippen LogP contribution is 2.48. The first-order valence-electron chi connectivity index (χ1n) is 19.1. The van der Waals surface area contributed by atoms with E-state index in [4.69, 9.17) is 36.3 Å². The molecule has 3 aliphatic carbocycles. The topological polar surface area (TPSA) is 94.8 Å². The van der Waals surface area contributed by atoms with Crippen molar-refractivity contribution in [2.45, 2.75) is 51.1 Å². The monoisotopic (exact) mass is 782 g/mol. The van der Waals surface area contributed by atoms with Crippen LogP contribution in [-0.2, 0) is 15.1 Å². The maximum atomic E-state index is 17.0. The lowest BCUT2D eigenvalue weighted by Crippen LogP contribution is -2.52. The van der Waals surface area contributed by atoms with Crippen molar-refractivity contribution in [2.24, 2.45) is 17.8 Å². The SMILES string of the molecule is CCOC(=O)[C@@H]1C2CCC(CC2)[C@H]1Nc1nc(-c2cn(C(c3ccccc3)(c3ccccc3)c3ccccc3)c3ncc(Cl)nc23)nc(-c2ccc(C)s2)c1F. The van der Waals surface area contributed by atoms with Crippen molar-refractivity contribution < 1.29 is 13.9 Å². The number of halogens is 2. The number of carbonyl (C=O) groups is 1. The fraction of sp³-hybridized carbons (Fsp3) is 0.267. The lowest BCUT2D eigenvalue weighted by molar-refractivity contribution is -0.154. The molecule has 3 fully saturated rings. The molecule has 0 radical (unpaired) electrons. The van der Waals surface area contributed by atoms with Crippen LogP contribution in [0.15, 0.2) is 116 Å². The van der Waals surface area contributed by atoms with Crippen molar-refractivity contribution in [1.82, 2.24) is 24.5 Å². The first kappa shape index (κ1) is 36.2. The van der Waals surface area contributed by atoms with Crippen LogP contribution in [-0.4, -0.2) is 43.1 Å². The Kier molecular flexibility index (Phi) is 9.63. The highest BCUT2D eigenvalue weighted by molar-refractivity contribution is 7.15. The average Bonchev–Trinajstić information content (AvgIpc) is 3.84. The largest absolute Gasteiger partial charge is 0.466 e. The Morgan fingerprint density at radius 1 is 0.875 bits per heavy atom. The molecule has 2 bridgehead atoms. The summed E-state index contributed by atoms with van der Waals surface area (Å²) in [6.45, 7) is 4.09. The Bertz CT molecular complexity index is 2420. The molecule has 0 spiro atoms. The number of hydrogen-bond donors (Lipinski definition) is 1. The molecule has 1 N–H and O–H groups in total. The molecular weight excluding hydrogens is 743 g/mol. The quantitative estimate of drug-likeness (QED) is 0.109. The molecular formula is C45H40ClFN6O2S. The third-order valence-electron chi connectivity index (χ3n) is 11.5. The number of nitrogens with zero attached hydrogens (tertiary/aromatic N) is 5. The molecule has 0 saturated heterocycles. The van der Waals surface area contributed by atoms with Gasteiger partial charge in [-0.05, 0) is 80.2 Å². The number of carbonyl (C=O) groups excluding carboxylic acids is 1. The summed E-state index contributed by atoms with van der Waals surface area (Å²) in [5.74, 6) is -0.573. The lowest BCUT2D eigenvalue weighted by atomic mass is 9.61. The predicted molar refractivity (Wildman–Crippen MR) is 219 cm³/mol. The molecule has 56 heavy (non-hydrogen) atoms. The number of esters is 1. The standard InChI is InChI=1S/C45H40ClFN6O2S/c1-3-55-44(54)36-28-20-22-29(23-21-28)38(36)50-42-37(47)40(34-24-19-27(2)56-34)51-41(52-42)33-26-53(43-39(33)49-35(46)25-48-43)45(30-13-7-4-8-14-30,31-15-9-5-10-16-31)32-17-11-6-12-18-32/h4-19,24-26,28-29,36,38H,3,20-23H2,1-2H3,(H,50,51,52)/t28?,29?,36-,38-/m1/s1. The van der Waals surface area contributed by atoms with Crippen LogP contribution in [0.3, 0.4) is 0 Å². The Morgan fingerprint density at radius 3 is 2.05 bits per heavy atom.